The van der Waals surface area contributed by atoms with Gasteiger partial charge in [-0.25, -0.2) is 0 Å². The number of carbonyl (C=O) groups excluding carboxylic acids is 2. The summed E-state index contributed by atoms with van der Waals surface area (Å²) in [5.74, 6) is -0.121. The molecule has 0 saturated carbocycles. The molecule has 0 unspecified atom stereocenters. The van der Waals surface area contributed by atoms with Gasteiger partial charge in [0.1, 0.15) is 0 Å². The van der Waals surface area contributed by atoms with Crippen molar-refractivity contribution < 1.29 is 9.59 Å². The number of aromatic nitrogens is 2. The fraction of sp³-hybridized carbons (Fsp3) is 0.312. The topological polar surface area (TPSA) is 78.1 Å². The van der Waals surface area contributed by atoms with Gasteiger partial charge in [-0.05, 0) is 45.7 Å². The number of amides is 2. The molecule has 24 heavy (non-hydrogen) atoms. The molecule has 6 nitrogen and oxygen atoms in total. The van der Waals surface area contributed by atoms with Crippen LogP contribution in [0.25, 0.3) is 0 Å². The zero-order valence-corrected chi connectivity index (χ0v) is 16.3. The molecule has 1 heterocycles. The molecule has 0 radical (unpaired) electrons. The fourth-order valence-corrected chi connectivity index (χ4v) is 3.46. The first-order valence-electron chi connectivity index (χ1n) is 7.34. The predicted octanol–water partition coefficient (Wildman–Crippen LogP) is 4.32. The van der Waals surface area contributed by atoms with Gasteiger partial charge in [0.2, 0.25) is 0 Å². The molecule has 2 aromatic rings. The molecule has 0 saturated heterocycles. The Morgan fingerprint density at radius 3 is 2.54 bits per heavy atom. The molecule has 0 spiro atoms. The van der Waals surface area contributed by atoms with Gasteiger partial charge in [0, 0.05) is 19.0 Å². The predicted molar refractivity (Wildman–Crippen MR) is 99.7 cm³/mol. The van der Waals surface area contributed by atoms with E-state index >= 15 is 0 Å². The number of H-pyrrole nitrogens is 1. The third-order valence-electron chi connectivity index (χ3n) is 3.22. The minimum absolute atomic E-state index is 0.111. The van der Waals surface area contributed by atoms with Crippen LogP contribution in [-0.2, 0) is 0 Å². The van der Waals surface area contributed by atoms with Crippen LogP contribution in [0.1, 0.15) is 35.9 Å². The number of nitrogens with zero attached hydrogens (tertiary/aromatic N) is 2. The number of aromatic amines is 1. The van der Waals surface area contributed by atoms with Gasteiger partial charge in [0.25, 0.3) is 11.1 Å². The largest absolute Gasteiger partial charge is 0.339 e. The first kappa shape index (κ1) is 18.5. The summed E-state index contributed by atoms with van der Waals surface area (Å²) < 4.78 is 0.657. The molecule has 8 heteroatoms. The van der Waals surface area contributed by atoms with E-state index in [-0.39, 0.29) is 22.8 Å². The van der Waals surface area contributed by atoms with Crippen molar-refractivity contribution in [3.63, 3.8) is 0 Å². The van der Waals surface area contributed by atoms with Crippen LogP contribution in [0.5, 0.6) is 0 Å². The average molecular weight is 411 g/mol. The molecule has 2 amide bonds. The Balaban J connectivity index is 2.22. The van der Waals surface area contributed by atoms with Crippen LogP contribution in [0.3, 0.4) is 0 Å². The van der Waals surface area contributed by atoms with Crippen molar-refractivity contribution in [2.75, 3.05) is 19.4 Å². The van der Waals surface area contributed by atoms with Crippen molar-refractivity contribution in [1.82, 2.24) is 15.1 Å². The number of rotatable bonds is 4. The van der Waals surface area contributed by atoms with Crippen molar-refractivity contribution in [3.8, 4) is 0 Å². The summed E-state index contributed by atoms with van der Waals surface area (Å²) in [5.41, 5.74) is 1.73. The van der Waals surface area contributed by atoms with Gasteiger partial charge in [0.15, 0.2) is 5.69 Å². The first-order chi connectivity index (χ1) is 11.3. The summed E-state index contributed by atoms with van der Waals surface area (Å²) in [6.45, 7) is 4.03. The number of benzene rings is 1. The summed E-state index contributed by atoms with van der Waals surface area (Å²) >= 11 is 4.49. The van der Waals surface area contributed by atoms with E-state index in [0.717, 1.165) is 17.5 Å². The second-order valence-electron chi connectivity index (χ2n) is 5.67. The summed E-state index contributed by atoms with van der Waals surface area (Å²) in [6.07, 6.45) is 0. The van der Waals surface area contributed by atoms with Crippen LogP contribution >= 0.6 is 27.7 Å². The molecule has 128 valence electrons. The lowest BCUT2D eigenvalue weighted by Crippen LogP contribution is -2.17. The SMILES string of the molecule is CC(C)c1[nH]nc(C(=O)Nc2ccccc2SC(=O)N(C)C)c1Br. The lowest BCUT2D eigenvalue weighted by Gasteiger charge is -2.12. The lowest BCUT2D eigenvalue weighted by atomic mass is 10.1. The normalized spacial score (nSPS) is 10.8. The van der Waals surface area contributed by atoms with E-state index < -0.39 is 0 Å². The molecule has 0 aliphatic heterocycles. The van der Waals surface area contributed by atoms with Gasteiger partial charge >= 0.3 is 0 Å². The third-order valence-corrected chi connectivity index (χ3v) is 5.14. The molecule has 1 aromatic carbocycles. The number of para-hydroxylation sites is 1. The Bertz CT molecular complexity index is 758. The molecule has 2 rings (SSSR count). The number of halogens is 1. The van der Waals surface area contributed by atoms with Gasteiger partial charge in [-0.1, -0.05) is 26.0 Å². The number of hydrogen-bond donors (Lipinski definition) is 2. The molecule has 0 aliphatic rings. The monoisotopic (exact) mass is 410 g/mol. The second kappa shape index (κ2) is 7.85. The number of anilines is 1. The van der Waals surface area contributed by atoms with Crippen LogP contribution in [0, 0.1) is 0 Å². The zero-order chi connectivity index (χ0) is 17.9. The second-order valence-corrected chi connectivity index (χ2v) is 7.45. The van der Waals surface area contributed by atoms with Crippen molar-refractivity contribution in [1.29, 1.82) is 0 Å². The minimum atomic E-state index is -0.338. The molecule has 1 aromatic heterocycles. The third kappa shape index (κ3) is 4.18. The van der Waals surface area contributed by atoms with Crippen LogP contribution in [0.2, 0.25) is 0 Å². The Morgan fingerprint density at radius 1 is 1.29 bits per heavy atom. The highest BCUT2D eigenvalue weighted by Gasteiger charge is 2.20. The van der Waals surface area contributed by atoms with Crippen LogP contribution in [-0.4, -0.2) is 40.3 Å². The molecular weight excluding hydrogens is 392 g/mol. The van der Waals surface area contributed by atoms with E-state index in [2.05, 4.69) is 31.4 Å². The standard InChI is InChI=1S/C16H19BrN4O2S/c1-9(2)13-12(17)14(20-19-13)15(22)18-10-7-5-6-8-11(10)24-16(23)21(3)4/h5-9H,1-4H3,(H,18,22)(H,19,20). The van der Waals surface area contributed by atoms with E-state index in [0.29, 0.717) is 15.1 Å². The van der Waals surface area contributed by atoms with Gasteiger partial charge in [-0.2, -0.15) is 5.10 Å². The van der Waals surface area contributed by atoms with Crippen molar-refractivity contribution in [2.45, 2.75) is 24.7 Å². The van der Waals surface area contributed by atoms with Crippen LogP contribution in [0.4, 0.5) is 10.5 Å². The highest BCUT2D eigenvalue weighted by molar-refractivity contribution is 9.10. The Kier molecular flexibility index (Phi) is 6.06. The van der Waals surface area contributed by atoms with E-state index in [1.165, 1.54) is 4.90 Å². The van der Waals surface area contributed by atoms with Gasteiger partial charge < -0.3 is 10.2 Å². The quantitative estimate of drug-likeness (QED) is 0.735. The average Bonchev–Trinajstić information content (AvgIpc) is 2.91. The fourth-order valence-electron chi connectivity index (χ4n) is 1.90. The molecule has 0 bridgehead atoms. The Hall–Kier alpha value is -1.80. The smallest absolute Gasteiger partial charge is 0.286 e. The summed E-state index contributed by atoms with van der Waals surface area (Å²) in [4.78, 5) is 26.6. The van der Waals surface area contributed by atoms with Crippen molar-refractivity contribution in [3.05, 3.63) is 40.1 Å². The van der Waals surface area contributed by atoms with E-state index in [1.807, 2.05) is 19.9 Å². The highest BCUT2D eigenvalue weighted by atomic mass is 79.9. The lowest BCUT2D eigenvalue weighted by molar-refractivity contribution is 0.102. The number of carbonyl (C=O) groups is 2. The molecule has 0 atom stereocenters. The molecular formula is C16H19BrN4O2S. The molecule has 2 N–H and O–H groups in total. The number of thioether (sulfide) groups is 1. The van der Waals surface area contributed by atoms with Gasteiger partial charge in [-0.3, -0.25) is 14.7 Å². The van der Waals surface area contributed by atoms with Crippen LogP contribution < -0.4 is 5.32 Å². The Morgan fingerprint density at radius 2 is 1.96 bits per heavy atom. The van der Waals surface area contributed by atoms with E-state index in [1.54, 1.807) is 32.3 Å². The van der Waals surface area contributed by atoms with E-state index in [4.69, 9.17) is 0 Å². The highest BCUT2D eigenvalue weighted by Crippen LogP contribution is 2.30. The van der Waals surface area contributed by atoms with Crippen molar-refractivity contribution >= 4 is 44.5 Å². The summed E-state index contributed by atoms with van der Waals surface area (Å²) in [7, 11) is 3.37. The summed E-state index contributed by atoms with van der Waals surface area (Å²) in [6, 6.07) is 7.18. The van der Waals surface area contributed by atoms with E-state index in [9.17, 15) is 9.59 Å². The molecule has 0 fully saturated rings. The summed E-state index contributed by atoms with van der Waals surface area (Å²) in [5, 5.41) is 9.67. The van der Waals surface area contributed by atoms with Gasteiger partial charge in [0.05, 0.1) is 15.9 Å². The Labute approximate surface area is 153 Å². The van der Waals surface area contributed by atoms with Crippen molar-refractivity contribution in [2.24, 2.45) is 0 Å². The number of nitrogens with one attached hydrogen (secondary N) is 2. The maximum absolute atomic E-state index is 12.5. The minimum Gasteiger partial charge on any atom is -0.339 e. The first-order valence-corrected chi connectivity index (χ1v) is 8.95. The maximum Gasteiger partial charge on any atom is 0.286 e. The number of hydrogen-bond acceptors (Lipinski definition) is 4. The molecule has 0 aliphatic carbocycles. The zero-order valence-electron chi connectivity index (χ0n) is 13.9. The maximum atomic E-state index is 12.5. The van der Waals surface area contributed by atoms with Crippen LogP contribution in [0.15, 0.2) is 33.6 Å². The van der Waals surface area contributed by atoms with Gasteiger partial charge in [-0.15, -0.1) is 0 Å².